The first-order chi connectivity index (χ1) is 7.24. The summed E-state index contributed by atoms with van der Waals surface area (Å²) >= 11 is 0. The molecule has 0 bridgehead atoms. The first-order valence-electron chi connectivity index (χ1n) is 4.40. The van der Waals surface area contributed by atoms with Gasteiger partial charge in [0.15, 0.2) is 5.69 Å². The summed E-state index contributed by atoms with van der Waals surface area (Å²) in [5.74, 6) is -1.12. The van der Waals surface area contributed by atoms with Crippen molar-refractivity contribution in [3.8, 4) is 11.4 Å². The molecule has 0 aromatic carbocycles. The van der Waals surface area contributed by atoms with Crippen molar-refractivity contribution in [2.45, 2.75) is 13.3 Å². The van der Waals surface area contributed by atoms with Crippen molar-refractivity contribution in [2.75, 3.05) is 0 Å². The van der Waals surface area contributed by atoms with E-state index < -0.39 is 5.97 Å². The molecule has 0 unspecified atom stereocenters. The van der Waals surface area contributed by atoms with Crippen LogP contribution in [-0.4, -0.2) is 36.5 Å². The van der Waals surface area contributed by atoms with E-state index in [1.165, 1.54) is 6.33 Å². The number of aromatic amines is 2. The molecule has 7 heteroatoms. The van der Waals surface area contributed by atoms with Crippen LogP contribution in [0.25, 0.3) is 11.4 Å². The molecule has 0 fully saturated rings. The van der Waals surface area contributed by atoms with Crippen LogP contribution in [0, 0.1) is 0 Å². The number of aryl methyl sites for hydroxylation is 1. The highest BCUT2D eigenvalue weighted by Crippen LogP contribution is 2.20. The molecule has 0 radical (unpaired) electrons. The van der Waals surface area contributed by atoms with Gasteiger partial charge in [-0.1, -0.05) is 6.92 Å². The van der Waals surface area contributed by atoms with E-state index in [4.69, 9.17) is 5.11 Å². The summed E-state index contributed by atoms with van der Waals surface area (Å²) in [6.45, 7) is 1.94. The van der Waals surface area contributed by atoms with E-state index in [9.17, 15) is 4.79 Å². The van der Waals surface area contributed by atoms with Crippen LogP contribution in [0.3, 0.4) is 0 Å². The lowest BCUT2D eigenvalue weighted by molar-refractivity contribution is 0.0691. The molecule has 0 saturated carbocycles. The number of imidazole rings is 1. The minimum absolute atomic E-state index is 0.114. The van der Waals surface area contributed by atoms with Crippen molar-refractivity contribution >= 4 is 5.97 Å². The van der Waals surface area contributed by atoms with E-state index in [0.29, 0.717) is 5.69 Å². The SMILES string of the molecule is CCc1[nH]cnc1-c1n[nH]nc1C(=O)O. The molecule has 3 N–H and O–H groups in total. The van der Waals surface area contributed by atoms with Crippen LogP contribution in [0.1, 0.15) is 23.1 Å². The largest absolute Gasteiger partial charge is 0.476 e. The Morgan fingerprint density at radius 1 is 1.47 bits per heavy atom. The molecule has 7 nitrogen and oxygen atoms in total. The van der Waals surface area contributed by atoms with Crippen molar-refractivity contribution in [1.29, 1.82) is 0 Å². The van der Waals surface area contributed by atoms with Crippen LogP contribution in [0.2, 0.25) is 0 Å². The van der Waals surface area contributed by atoms with Crippen LogP contribution in [0.5, 0.6) is 0 Å². The second kappa shape index (κ2) is 3.52. The number of aromatic carboxylic acids is 1. The molecule has 0 atom stereocenters. The first kappa shape index (κ1) is 9.38. The van der Waals surface area contributed by atoms with Gasteiger partial charge in [0.1, 0.15) is 11.4 Å². The van der Waals surface area contributed by atoms with Gasteiger partial charge in [-0.05, 0) is 6.42 Å². The molecule has 0 aliphatic heterocycles. The minimum atomic E-state index is -1.12. The van der Waals surface area contributed by atoms with Gasteiger partial charge in [0, 0.05) is 5.69 Å². The average Bonchev–Trinajstić information content (AvgIpc) is 2.85. The Morgan fingerprint density at radius 3 is 2.93 bits per heavy atom. The average molecular weight is 207 g/mol. The van der Waals surface area contributed by atoms with E-state index in [1.807, 2.05) is 6.92 Å². The number of hydrogen-bond acceptors (Lipinski definition) is 4. The van der Waals surface area contributed by atoms with Crippen LogP contribution in [0.15, 0.2) is 6.33 Å². The fourth-order valence-electron chi connectivity index (χ4n) is 1.34. The van der Waals surface area contributed by atoms with E-state index in [0.717, 1.165) is 12.1 Å². The zero-order valence-corrected chi connectivity index (χ0v) is 7.98. The lowest BCUT2D eigenvalue weighted by Crippen LogP contribution is -2.00. The van der Waals surface area contributed by atoms with Crippen LogP contribution in [-0.2, 0) is 6.42 Å². The lowest BCUT2D eigenvalue weighted by Gasteiger charge is -1.95. The molecule has 2 aromatic heterocycles. The van der Waals surface area contributed by atoms with Crippen LogP contribution in [0.4, 0.5) is 0 Å². The summed E-state index contributed by atoms with van der Waals surface area (Å²) < 4.78 is 0. The quantitative estimate of drug-likeness (QED) is 0.677. The lowest BCUT2D eigenvalue weighted by atomic mass is 10.2. The van der Waals surface area contributed by atoms with Crippen molar-refractivity contribution in [2.24, 2.45) is 0 Å². The van der Waals surface area contributed by atoms with Gasteiger partial charge < -0.3 is 10.1 Å². The summed E-state index contributed by atoms with van der Waals surface area (Å²) in [5.41, 5.74) is 1.52. The Kier molecular flexibility index (Phi) is 2.20. The molecule has 78 valence electrons. The van der Waals surface area contributed by atoms with Gasteiger partial charge in [-0.2, -0.15) is 10.3 Å². The number of carboxylic acid groups (broad SMARTS) is 1. The number of rotatable bonds is 3. The van der Waals surface area contributed by atoms with Gasteiger partial charge in [0.25, 0.3) is 0 Å². The Bertz CT molecular complexity index is 487. The summed E-state index contributed by atoms with van der Waals surface area (Å²) in [4.78, 5) is 17.8. The number of carboxylic acids is 1. The number of H-pyrrole nitrogens is 2. The van der Waals surface area contributed by atoms with Crippen LogP contribution >= 0.6 is 0 Å². The molecule has 0 aliphatic carbocycles. The fraction of sp³-hybridized carbons (Fsp3) is 0.250. The van der Waals surface area contributed by atoms with E-state index in [2.05, 4.69) is 25.4 Å². The van der Waals surface area contributed by atoms with Crippen molar-refractivity contribution in [1.82, 2.24) is 25.4 Å². The third-order valence-electron chi connectivity index (χ3n) is 2.05. The number of aromatic nitrogens is 5. The topological polar surface area (TPSA) is 108 Å². The maximum atomic E-state index is 10.8. The van der Waals surface area contributed by atoms with Crippen LogP contribution < -0.4 is 0 Å². The molecule has 0 aliphatic rings. The molecule has 2 heterocycles. The number of nitrogens with zero attached hydrogens (tertiary/aromatic N) is 3. The highest BCUT2D eigenvalue weighted by molar-refractivity contribution is 5.92. The predicted molar refractivity (Wildman–Crippen MR) is 50.3 cm³/mol. The van der Waals surface area contributed by atoms with Gasteiger partial charge >= 0.3 is 5.97 Å². The predicted octanol–water partition coefficient (Wildman–Crippen LogP) is 0.455. The Balaban J connectivity index is 2.54. The molecule has 2 aromatic rings. The molecule has 0 amide bonds. The Morgan fingerprint density at radius 2 is 2.27 bits per heavy atom. The maximum Gasteiger partial charge on any atom is 0.358 e. The normalized spacial score (nSPS) is 10.5. The molecular weight excluding hydrogens is 198 g/mol. The molecular formula is C8H9N5O2. The van der Waals surface area contributed by atoms with E-state index in [-0.39, 0.29) is 11.4 Å². The third kappa shape index (κ3) is 1.47. The van der Waals surface area contributed by atoms with Gasteiger partial charge in [-0.15, -0.1) is 5.10 Å². The van der Waals surface area contributed by atoms with Gasteiger partial charge in [0.05, 0.1) is 6.33 Å². The minimum Gasteiger partial charge on any atom is -0.476 e. The van der Waals surface area contributed by atoms with Gasteiger partial charge in [-0.25, -0.2) is 9.78 Å². The summed E-state index contributed by atoms with van der Waals surface area (Å²) in [7, 11) is 0. The second-order valence-electron chi connectivity index (χ2n) is 2.91. The van der Waals surface area contributed by atoms with Crippen molar-refractivity contribution in [3.63, 3.8) is 0 Å². The van der Waals surface area contributed by atoms with E-state index >= 15 is 0 Å². The standard InChI is InChI=1S/C8H9N5O2/c1-2-4-5(10-3-9-4)6-7(8(14)15)12-13-11-6/h3H,2H2,1H3,(H,9,10)(H,14,15)(H,11,12,13). The second-order valence-corrected chi connectivity index (χ2v) is 2.91. The van der Waals surface area contributed by atoms with Gasteiger partial charge in [0.2, 0.25) is 0 Å². The van der Waals surface area contributed by atoms with Crippen molar-refractivity contribution in [3.05, 3.63) is 17.7 Å². The van der Waals surface area contributed by atoms with Crippen molar-refractivity contribution < 1.29 is 9.90 Å². The van der Waals surface area contributed by atoms with Gasteiger partial charge in [-0.3, -0.25) is 0 Å². The monoisotopic (exact) mass is 207 g/mol. The highest BCUT2D eigenvalue weighted by atomic mass is 16.4. The number of nitrogens with one attached hydrogen (secondary N) is 2. The molecule has 15 heavy (non-hydrogen) atoms. The number of hydrogen-bond donors (Lipinski definition) is 3. The Labute approximate surface area is 84.6 Å². The number of carbonyl (C=O) groups is 1. The zero-order valence-electron chi connectivity index (χ0n) is 7.98. The Hall–Kier alpha value is -2.18. The van der Waals surface area contributed by atoms with E-state index in [1.54, 1.807) is 0 Å². The first-order valence-corrected chi connectivity index (χ1v) is 4.40. The fourth-order valence-corrected chi connectivity index (χ4v) is 1.34. The molecule has 0 saturated heterocycles. The third-order valence-corrected chi connectivity index (χ3v) is 2.05. The molecule has 0 spiro atoms. The highest BCUT2D eigenvalue weighted by Gasteiger charge is 2.20. The smallest absolute Gasteiger partial charge is 0.358 e. The summed E-state index contributed by atoms with van der Waals surface area (Å²) in [6, 6.07) is 0. The zero-order chi connectivity index (χ0) is 10.8. The maximum absolute atomic E-state index is 10.8. The summed E-state index contributed by atoms with van der Waals surface area (Å²) in [6.07, 6.45) is 2.23. The molecule has 2 rings (SSSR count). The summed E-state index contributed by atoms with van der Waals surface area (Å²) in [5, 5.41) is 18.5.